The molecule has 0 saturated carbocycles. The maximum atomic E-state index is 12.6. The summed E-state index contributed by atoms with van der Waals surface area (Å²) in [6.45, 7) is 4.64. The summed E-state index contributed by atoms with van der Waals surface area (Å²) in [5.41, 5.74) is 1.56. The van der Waals surface area contributed by atoms with Crippen molar-refractivity contribution in [3.63, 3.8) is 0 Å². The number of para-hydroxylation sites is 1. The third-order valence-corrected chi connectivity index (χ3v) is 4.04. The molecule has 0 atom stereocenters. The lowest BCUT2D eigenvalue weighted by Crippen LogP contribution is -2.26. The minimum absolute atomic E-state index is 0.191. The minimum Gasteiger partial charge on any atom is -0.491 e. The summed E-state index contributed by atoms with van der Waals surface area (Å²) >= 11 is 5.89. The van der Waals surface area contributed by atoms with E-state index in [2.05, 4.69) is 5.10 Å². The highest BCUT2D eigenvalue weighted by Gasteiger charge is 2.11. The average Bonchev–Trinajstić information content (AvgIpc) is 2.85. The molecule has 0 aliphatic carbocycles. The van der Waals surface area contributed by atoms with Crippen LogP contribution in [0.1, 0.15) is 11.4 Å². The van der Waals surface area contributed by atoms with Gasteiger partial charge in [0.1, 0.15) is 18.2 Å². The Balaban J connectivity index is 1.76. The van der Waals surface area contributed by atoms with E-state index in [9.17, 15) is 4.79 Å². The first-order valence-corrected chi connectivity index (χ1v) is 8.05. The van der Waals surface area contributed by atoms with E-state index in [1.165, 1.54) is 4.68 Å². The molecule has 0 saturated heterocycles. The van der Waals surface area contributed by atoms with Crippen molar-refractivity contribution in [2.75, 3.05) is 6.61 Å². The number of ether oxygens (including phenoxy) is 1. The number of hydrogen-bond donors (Lipinski definition) is 0. The Morgan fingerprint density at radius 1 is 1.08 bits per heavy atom. The van der Waals surface area contributed by atoms with E-state index in [1.807, 2.05) is 38.1 Å². The summed E-state index contributed by atoms with van der Waals surface area (Å²) in [5, 5.41) is 4.94. The highest BCUT2D eigenvalue weighted by atomic mass is 35.5. The zero-order chi connectivity index (χ0) is 17.1. The van der Waals surface area contributed by atoms with Crippen LogP contribution < -0.4 is 10.4 Å². The standard InChI is InChI=1S/C18H18ClN3O2/c1-13-5-3-4-6-17(13)24-12-11-21-14(2)20-22(18(21)23)16-9-7-15(19)8-10-16/h3-10H,11-12H2,1-2H3. The number of aryl methyl sites for hydroxylation is 2. The van der Waals surface area contributed by atoms with Gasteiger partial charge in [-0.1, -0.05) is 29.8 Å². The van der Waals surface area contributed by atoms with Gasteiger partial charge in [0.2, 0.25) is 0 Å². The van der Waals surface area contributed by atoms with Gasteiger partial charge in [-0.15, -0.1) is 0 Å². The second-order valence-corrected chi connectivity index (χ2v) is 5.92. The van der Waals surface area contributed by atoms with Crippen LogP contribution in [0.4, 0.5) is 0 Å². The third-order valence-electron chi connectivity index (χ3n) is 3.78. The number of rotatable bonds is 5. The molecule has 3 aromatic rings. The fraction of sp³-hybridized carbons (Fsp3) is 0.222. The van der Waals surface area contributed by atoms with E-state index in [-0.39, 0.29) is 5.69 Å². The normalized spacial score (nSPS) is 10.8. The van der Waals surface area contributed by atoms with Gasteiger partial charge in [0, 0.05) is 5.02 Å². The summed E-state index contributed by atoms with van der Waals surface area (Å²) in [6.07, 6.45) is 0. The van der Waals surface area contributed by atoms with E-state index in [1.54, 1.807) is 28.8 Å². The maximum Gasteiger partial charge on any atom is 0.350 e. The number of benzene rings is 2. The largest absolute Gasteiger partial charge is 0.491 e. The van der Waals surface area contributed by atoms with Gasteiger partial charge in [0.05, 0.1) is 12.2 Å². The Kier molecular flexibility index (Phi) is 4.71. The van der Waals surface area contributed by atoms with E-state index < -0.39 is 0 Å². The molecule has 0 amide bonds. The molecule has 0 aliphatic heterocycles. The molecule has 0 N–H and O–H groups in total. The van der Waals surface area contributed by atoms with Crippen LogP contribution in [-0.2, 0) is 6.54 Å². The van der Waals surface area contributed by atoms with Crippen molar-refractivity contribution in [1.82, 2.24) is 14.3 Å². The molecule has 124 valence electrons. The van der Waals surface area contributed by atoms with Crippen LogP contribution in [0, 0.1) is 13.8 Å². The molecule has 1 aromatic heterocycles. The second kappa shape index (κ2) is 6.93. The topological polar surface area (TPSA) is 49.0 Å². The van der Waals surface area contributed by atoms with Gasteiger partial charge in [-0.05, 0) is 49.7 Å². The molecule has 6 heteroatoms. The average molecular weight is 344 g/mol. The number of aromatic nitrogens is 3. The van der Waals surface area contributed by atoms with Crippen LogP contribution in [0.2, 0.25) is 5.02 Å². The molecule has 0 spiro atoms. The van der Waals surface area contributed by atoms with E-state index in [0.29, 0.717) is 29.7 Å². The van der Waals surface area contributed by atoms with Crippen molar-refractivity contribution < 1.29 is 4.74 Å². The predicted octanol–water partition coefficient (Wildman–Crippen LogP) is 3.38. The Hall–Kier alpha value is -2.53. The summed E-state index contributed by atoms with van der Waals surface area (Å²) in [5.74, 6) is 1.47. The summed E-state index contributed by atoms with van der Waals surface area (Å²) in [6, 6.07) is 14.8. The van der Waals surface area contributed by atoms with Crippen LogP contribution in [-0.4, -0.2) is 21.0 Å². The molecular formula is C18H18ClN3O2. The van der Waals surface area contributed by atoms with Gasteiger partial charge in [0.25, 0.3) is 0 Å². The van der Waals surface area contributed by atoms with E-state index in [0.717, 1.165) is 11.3 Å². The zero-order valence-corrected chi connectivity index (χ0v) is 14.3. The quantitative estimate of drug-likeness (QED) is 0.713. The maximum absolute atomic E-state index is 12.6. The molecule has 3 rings (SSSR count). The molecule has 0 bridgehead atoms. The summed E-state index contributed by atoms with van der Waals surface area (Å²) in [7, 11) is 0. The Labute approximate surface area is 145 Å². The minimum atomic E-state index is -0.191. The second-order valence-electron chi connectivity index (χ2n) is 5.48. The highest BCUT2D eigenvalue weighted by Crippen LogP contribution is 2.16. The van der Waals surface area contributed by atoms with Crippen molar-refractivity contribution >= 4 is 11.6 Å². The lowest BCUT2D eigenvalue weighted by atomic mass is 10.2. The summed E-state index contributed by atoms with van der Waals surface area (Å²) in [4.78, 5) is 12.6. The lowest BCUT2D eigenvalue weighted by molar-refractivity contribution is 0.293. The molecule has 0 unspecified atom stereocenters. The number of hydrogen-bond acceptors (Lipinski definition) is 3. The van der Waals surface area contributed by atoms with Crippen molar-refractivity contribution in [3.8, 4) is 11.4 Å². The van der Waals surface area contributed by atoms with Gasteiger partial charge >= 0.3 is 5.69 Å². The molecule has 0 fully saturated rings. The number of halogens is 1. The van der Waals surface area contributed by atoms with Crippen molar-refractivity contribution in [3.05, 3.63) is 75.4 Å². The first-order valence-electron chi connectivity index (χ1n) is 7.67. The zero-order valence-electron chi connectivity index (χ0n) is 13.6. The Morgan fingerprint density at radius 2 is 1.79 bits per heavy atom. The molecule has 0 radical (unpaired) electrons. The van der Waals surface area contributed by atoms with Crippen LogP contribution in [0.15, 0.2) is 53.3 Å². The van der Waals surface area contributed by atoms with Gasteiger partial charge < -0.3 is 4.74 Å². The van der Waals surface area contributed by atoms with Crippen LogP contribution >= 0.6 is 11.6 Å². The SMILES string of the molecule is Cc1ccccc1OCCn1c(C)nn(-c2ccc(Cl)cc2)c1=O. The van der Waals surface area contributed by atoms with Crippen molar-refractivity contribution in [2.45, 2.75) is 20.4 Å². The van der Waals surface area contributed by atoms with Gasteiger partial charge in [-0.3, -0.25) is 4.57 Å². The van der Waals surface area contributed by atoms with Gasteiger partial charge in [0.15, 0.2) is 0 Å². The van der Waals surface area contributed by atoms with Crippen LogP contribution in [0.25, 0.3) is 5.69 Å². The predicted molar refractivity (Wildman–Crippen MR) is 94.2 cm³/mol. The van der Waals surface area contributed by atoms with Crippen molar-refractivity contribution in [1.29, 1.82) is 0 Å². The fourth-order valence-electron chi connectivity index (χ4n) is 2.47. The smallest absolute Gasteiger partial charge is 0.350 e. The highest BCUT2D eigenvalue weighted by molar-refractivity contribution is 6.30. The van der Waals surface area contributed by atoms with E-state index >= 15 is 0 Å². The van der Waals surface area contributed by atoms with Crippen LogP contribution in [0.5, 0.6) is 5.75 Å². The molecule has 5 nitrogen and oxygen atoms in total. The van der Waals surface area contributed by atoms with Gasteiger partial charge in [-0.2, -0.15) is 9.78 Å². The molecular weight excluding hydrogens is 326 g/mol. The molecule has 1 heterocycles. The lowest BCUT2D eigenvalue weighted by Gasteiger charge is -2.09. The number of nitrogens with zero attached hydrogens (tertiary/aromatic N) is 3. The Bertz CT molecular complexity index is 897. The molecule has 24 heavy (non-hydrogen) atoms. The Morgan fingerprint density at radius 3 is 2.50 bits per heavy atom. The first kappa shape index (κ1) is 16.3. The monoisotopic (exact) mass is 343 g/mol. The molecule has 0 aliphatic rings. The van der Waals surface area contributed by atoms with Crippen molar-refractivity contribution in [2.24, 2.45) is 0 Å². The van der Waals surface area contributed by atoms with E-state index in [4.69, 9.17) is 16.3 Å². The summed E-state index contributed by atoms with van der Waals surface area (Å²) < 4.78 is 8.75. The molecule has 2 aromatic carbocycles. The first-order chi connectivity index (χ1) is 11.6. The fourth-order valence-corrected chi connectivity index (χ4v) is 2.59. The third kappa shape index (κ3) is 3.36. The van der Waals surface area contributed by atoms with Gasteiger partial charge in [-0.25, -0.2) is 4.79 Å². The van der Waals surface area contributed by atoms with Crippen LogP contribution in [0.3, 0.4) is 0 Å².